The van der Waals surface area contributed by atoms with Gasteiger partial charge in [-0.25, -0.2) is 12.8 Å². The lowest BCUT2D eigenvalue weighted by Crippen LogP contribution is -2.14. The van der Waals surface area contributed by atoms with E-state index >= 15 is 0 Å². The largest absolute Gasteiger partial charge is 0.356 e. The summed E-state index contributed by atoms with van der Waals surface area (Å²) in [5.41, 5.74) is 1.56. The number of halogens is 1. The van der Waals surface area contributed by atoms with Crippen LogP contribution in [0.5, 0.6) is 0 Å². The second-order valence-corrected chi connectivity index (χ2v) is 7.56. The maximum atomic E-state index is 13.8. The number of nitrogens with one attached hydrogen (secondary N) is 1. The van der Waals surface area contributed by atoms with Gasteiger partial charge < -0.3 is 4.98 Å². The monoisotopic (exact) mass is 309 g/mol. The van der Waals surface area contributed by atoms with E-state index in [0.717, 1.165) is 30.9 Å². The first-order valence-electron chi connectivity index (χ1n) is 6.91. The molecule has 0 spiro atoms. The maximum Gasteiger partial charge on any atom is 0.177 e. The lowest BCUT2D eigenvalue weighted by Gasteiger charge is -2.20. The number of fused-ring (bicyclic) bond motifs is 3. The molecule has 0 saturated heterocycles. The molecule has 0 amide bonds. The first-order valence-corrected chi connectivity index (χ1v) is 8.80. The van der Waals surface area contributed by atoms with E-state index < -0.39 is 15.7 Å². The zero-order chi connectivity index (χ0) is 15.4. The number of rotatable bonds is 2. The van der Waals surface area contributed by atoms with Gasteiger partial charge in [-0.3, -0.25) is 4.79 Å². The highest BCUT2D eigenvalue weighted by molar-refractivity contribution is 7.91. The van der Waals surface area contributed by atoms with Crippen LogP contribution < -0.4 is 0 Å². The van der Waals surface area contributed by atoms with Crippen LogP contribution in [0.1, 0.15) is 48.2 Å². The minimum absolute atomic E-state index is 0.0500. The molecule has 1 atom stereocenters. The van der Waals surface area contributed by atoms with Gasteiger partial charge in [-0.2, -0.15) is 0 Å². The first-order chi connectivity index (χ1) is 9.82. The van der Waals surface area contributed by atoms with Crippen LogP contribution in [0.4, 0.5) is 4.39 Å². The molecule has 21 heavy (non-hydrogen) atoms. The van der Waals surface area contributed by atoms with Crippen LogP contribution in [-0.4, -0.2) is 25.4 Å². The molecule has 2 aromatic rings. The molecule has 1 aromatic carbocycles. The Labute approximate surface area is 122 Å². The van der Waals surface area contributed by atoms with E-state index in [1.54, 1.807) is 0 Å². The van der Waals surface area contributed by atoms with Crippen molar-refractivity contribution in [3.05, 3.63) is 29.2 Å². The number of ketones is 1. The Kier molecular flexibility index (Phi) is 3.16. The Morgan fingerprint density at radius 3 is 2.71 bits per heavy atom. The van der Waals surface area contributed by atoms with Gasteiger partial charge >= 0.3 is 0 Å². The molecule has 6 heteroatoms. The molecule has 112 valence electrons. The number of hydrogen-bond donors (Lipinski definition) is 1. The summed E-state index contributed by atoms with van der Waals surface area (Å²) in [7, 11) is -3.58. The molecule has 0 fully saturated rings. The Balaban J connectivity index is 2.44. The van der Waals surface area contributed by atoms with Crippen LogP contribution in [-0.2, 0) is 9.84 Å². The molecular weight excluding hydrogens is 293 g/mol. The molecular formula is C15H16FNO3S. The summed E-state index contributed by atoms with van der Waals surface area (Å²) in [5, 5.41) is 0.383. The van der Waals surface area contributed by atoms with E-state index in [2.05, 4.69) is 4.98 Å². The minimum Gasteiger partial charge on any atom is -0.356 e. The summed E-state index contributed by atoms with van der Waals surface area (Å²) in [6.45, 7) is 2.02. The topological polar surface area (TPSA) is 67.0 Å². The summed E-state index contributed by atoms with van der Waals surface area (Å²) in [6, 6.07) is 2.25. The number of carbonyl (C=O) groups excluding carboxylic acids is 1. The van der Waals surface area contributed by atoms with E-state index in [-0.39, 0.29) is 16.6 Å². The zero-order valence-corrected chi connectivity index (χ0v) is 12.7. The molecule has 0 bridgehead atoms. The molecule has 4 nitrogen and oxygen atoms in total. The van der Waals surface area contributed by atoms with Gasteiger partial charge in [0.05, 0.1) is 10.4 Å². The number of carbonyl (C=O) groups is 1. The van der Waals surface area contributed by atoms with Gasteiger partial charge in [-0.05, 0) is 30.9 Å². The fourth-order valence-corrected chi connectivity index (χ4v) is 3.99. The Morgan fingerprint density at radius 1 is 1.38 bits per heavy atom. The van der Waals surface area contributed by atoms with Crippen molar-refractivity contribution >= 4 is 26.5 Å². The van der Waals surface area contributed by atoms with E-state index in [1.807, 2.05) is 6.92 Å². The molecule has 3 rings (SSSR count). The van der Waals surface area contributed by atoms with Crippen molar-refractivity contribution < 1.29 is 17.6 Å². The molecule has 1 aromatic heterocycles. The van der Waals surface area contributed by atoms with Gasteiger partial charge in [-0.15, -0.1) is 0 Å². The molecule has 0 saturated carbocycles. The summed E-state index contributed by atoms with van der Waals surface area (Å²) < 4.78 is 37.5. The molecule has 1 aliphatic rings. The third-order valence-electron chi connectivity index (χ3n) is 4.16. The van der Waals surface area contributed by atoms with Crippen molar-refractivity contribution in [2.24, 2.45) is 0 Å². The Hall–Kier alpha value is -1.69. The Morgan fingerprint density at radius 2 is 2.10 bits per heavy atom. The van der Waals surface area contributed by atoms with Crippen molar-refractivity contribution in [1.82, 2.24) is 4.98 Å². The van der Waals surface area contributed by atoms with Crippen molar-refractivity contribution in [1.29, 1.82) is 0 Å². The van der Waals surface area contributed by atoms with Crippen LogP contribution >= 0.6 is 0 Å². The lowest BCUT2D eigenvalue weighted by atomic mass is 9.84. The highest BCUT2D eigenvalue weighted by Crippen LogP contribution is 2.39. The lowest BCUT2D eigenvalue weighted by molar-refractivity contribution is 0.0968. The van der Waals surface area contributed by atoms with Crippen molar-refractivity contribution in [2.45, 2.75) is 37.0 Å². The summed E-state index contributed by atoms with van der Waals surface area (Å²) >= 11 is 0. The second kappa shape index (κ2) is 4.66. The number of H-pyrrole nitrogens is 1. The quantitative estimate of drug-likeness (QED) is 0.926. The van der Waals surface area contributed by atoms with Gasteiger partial charge in [0.1, 0.15) is 5.82 Å². The van der Waals surface area contributed by atoms with Crippen LogP contribution in [0.3, 0.4) is 0 Å². The predicted octanol–water partition coefficient (Wildman–Crippen LogP) is 3.18. The molecule has 1 aliphatic carbocycles. The average molecular weight is 309 g/mol. The fourth-order valence-electron chi connectivity index (χ4n) is 3.13. The molecule has 1 heterocycles. The third kappa shape index (κ3) is 2.18. The maximum absolute atomic E-state index is 13.8. The van der Waals surface area contributed by atoms with Crippen LogP contribution in [0.15, 0.2) is 17.0 Å². The molecule has 0 radical (unpaired) electrons. The number of hydrogen-bond acceptors (Lipinski definition) is 3. The van der Waals surface area contributed by atoms with E-state index in [4.69, 9.17) is 0 Å². The highest BCUT2D eigenvalue weighted by Gasteiger charge is 2.30. The smallest absolute Gasteiger partial charge is 0.177 e. The standard InChI is InChI=1S/C15H16FNO3S/c1-3-8-4-5-11(18)13-10-6-9(16)7-12(21(2,19)20)15(10)17-14(8)13/h6-8,17H,3-5H2,1-2H3/t8-/m0/s1. The molecule has 0 aliphatic heterocycles. The summed E-state index contributed by atoms with van der Waals surface area (Å²) in [4.78, 5) is 15.2. The predicted molar refractivity (Wildman–Crippen MR) is 78.0 cm³/mol. The van der Waals surface area contributed by atoms with Crippen molar-refractivity contribution in [2.75, 3.05) is 6.26 Å². The van der Waals surface area contributed by atoms with E-state index in [0.29, 0.717) is 22.9 Å². The Bertz CT molecular complexity index is 851. The van der Waals surface area contributed by atoms with Crippen LogP contribution in [0.2, 0.25) is 0 Å². The molecule has 1 N–H and O–H groups in total. The number of sulfone groups is 1. The second-order valence-electron chi connectivity index (χ2n) is 5.58. The van der Waals surface area contributed by atoms with Crippen LogP contribution in [0, 0.1) is 5.82 Å². The minimum atomic E-state index is -3.58. The molecule has 0 unspecified atom stereocenters. The van der Waals surface area contributed by atoms with Crippen molar-refractivity contribution in [3.8, 4) is 0 Å². The van der Waals surface area contributed by atoms with E-state index in [1.165, 1.54) is 6.07 Å². The van der Waals surface area contributed by atoms with Gasteiger partial charge in [0.25, 0.3) is 0 Å². The van der Waals surface area contributed by atoms with Gasteiger partial charge in [0.15, 0.2) is 15.6 Å². The van der Waals surface area contributed by atoms with Gasteiger partial charge in [-0.1, -0.05) is 6.92 Å². The first kappa shape index (κ1) is 14.3. The fraction of sp³-hybridized carbons (Fsp3) is 0.400. The number of aromatic amines is 1. The normalized spacial score (nSPS) is 19.0. The van der Waals surface area contributed by atoms with Crippen LogP contribution in [0.25, 0.3) is 10.9 Å². The van der Waals surface area contributed by atoms with E-state index in [9.17, 15) is 17.6 Å². The van der Waals surface area contributed by atoms with Gasteiger partial charge in [0, 0.05) is 29.3 Å². The summed E-state index contributed by atoms with van der Waals surface area (Å²) in [5.74, 6) is -0.511. The highest BCUT2D eigenvalue weighted by atomic mass is 32.2. The third-order valence-corrected chi connectivity index (χ3v) is 5.29. The van der Waals surface area contributed by atoms with Crippen molar-refractivity contribution in [3.63, 3.8) is 0 Å². The average Bonchev–Trinajstić information content (AvgIpc) is 2.77. The van der Waals surface area contributed by atoms with Gasteiger partial charge in [0.2, 0.25) is 0 Å². The number of benzene rings is 1. The summed E-state index contributed by atoms with van der Waals surface area (Å²) in [6.07, 6.45) is 3.05. The zero-order valence-electron chi connectivity index (χ0n) is 11.9. The number of Topliss-reactive ketones (excluding diaryl/α,β-unsaturated/α-hetero) is 1. The number of aromatic nitrogens is 1. The SMILES string of the molecule is CC[C@H]1CCC(=O)c2c1[nH]c1c(S(C)(=O)=O)cc(F)cc21.